The number of hydrogen-bond acceptors (Lipinski definition) is 2. The van der Waals surface area contributed by atoms with E-state index in [9.17, 15) is 0 Å². The number of hydrogen-bond donors (Lipinski definition) is 1. The molecule has 0 bridgehead atoms. The van der Waals surface area contributed by atoms with Gasteiger partial charge < -0.3 is 5.11 Å². The Bertz CT molecular complexity index is 267. The smallest absolute Gasteiger partial charge is 0.0644 e. The quantitative estimate of drug-likeness (QED) is 0.762. The van der Waals surface area contributed by atoms with E-state index in [4.69, 9.17) is 5.11 Å². The van der Waals surface area contributed by atoms with Gasteiger partial charge in [0.1, 0.15) is 0 Å². The Morgan fingerprint density at radius 1 is 1.67 bits per heavy atom. The van der Waals surface area contributed by atoms with Crippen molar-refractivity contribution in [2.24, 2.45) is 0 Å². The van der Waals surface area contributed by atoms with Crippen molar-refractivity contribution in [3.63, 3.8) is 0 Å². The zero-order valence-corrected chi connectivity index (χ0v) is 8.32. The maximum absolute atomic E-state index is 8.95. The first-order valence-electron chi connectivity index (χ1n) is 4.12. The van der Waals surface area contributed by atoms with Gasteiger partial charge in [0.15, 0.2) is 0 Å². The number of aliphatic hydroxyl groups excluding tert-OH is 1. The third-order valence-corrected chi connectivity index (χ3v) is 2.78. The van der Waals surface area contributed by atoms with Crippen LogP contribution in [0, 0.1) is 6.92 Å². The summed E-state index contributed by atoms with van der Waals surface area (Å²) in [6, 6.07) is 2.09. The van der Waals surface area contributed by atoms with Crippen LogP contribution in [0.1, 0.15) is 23.8 Å². The van der Waals surface area contributed by atoms with Gasteiger partial charge in [0.25, 0.3) is 0 Å². The highest BCUT2D eigenvalue weighted by atomic mass is 32.1. The molecule has 0 radical (unpaired) electrons. The first kappa shape index (κ1) is 9.49. The molecule has 0 amide bonds. The summed E-state index contributed by atoms with van der Waals surface area (Å²) < 4.78 is 0. The van der Waals surface area contributed by atoms with Crippen molar-refractivity contribution in [1.29, 1.82) is 0 Å². The predicted molar refractivity (Wildman–Crippen MR) is 54.4 cm³/mol. The van der Waals surface area contributed by atoms with Gasteiger partial charge in [-0.05, 0) is 35.9 Å². The molecule has 1 N–H and O–H groups in total. The molecule has 0 atom stereocenters. The lowest BCUT2D eigenvalue weighted by atomic mass is 10.1. The van der Waals surface area contributed by atoms with Crippen LogP contribution in [0.5, 0.6) is 0 Å². The van der Waals surface area contributed by atoms with E-state index >= 15 is 0 Å². The van der Waals surface area contributed by atoms with Gasteiger partial charge in [-0.3, -0.25) is 0 Å². The summed E-state index contributed by atoms with van der Waals surface area (Å²) in [5, 5.41) is 11.0. The molecular weight excluding hydrogens is 168 g/mol. The highest BCUT2D eigenvalue weighted by Crippen LogP contribution is 2.18. The fraction of sp³-hybridized carbons (Fsp3) is 0.400. The van der Waals surface area contributed by atoms with Crippen molar-refractivity contribution >= 4 is 17.4 Å². The molecule has 0 aliphatic carbocycles. The van der Waals surface area contributed by atoms with Crippen LogP contribution < -0.4 is 0 Å². The maximum Gasteiger partial charge on any atom is 0.0644 e. The average Bonchev–Trinajstić information content (AvgIpc) is 2.47. The Morgan fingerprint density at radius 2 is 2.42 bits per heavy atom. The van der Waals surface area contributed by atoms with E-state index in [1.54, 1.807) is 11.3 Å². The third-order valence-electron chi connectivity index (χ3n) is 1.92. The lowest BCUT2D eigenvalue weighted by Gasteiger charge is -1.98. The fourth-order valence-corrected chi connectivity index (χ4v) is 1.71. The van der Waals surface area contributed by atoms with E-state index in [1.165, 1.54) is 10.4 Å². The van der Waals surface area contributed by atoms with E-state index in [0.717, 1.165) is 12.0 Å². The topological polar surface area (TPSA) is 20.2 Å². The molecule has 0 saturated carbocycles. The van der Waals surface area contributed by atoms with E-state index in [1.807, 2.05) is 0 Å². The van der Waals surface area contributed by atoms with E-state index in [0.29, 0.717) is 0 Å². The Morgan fingerprint density at radius 3 is 2.83 bits per heavy atom. The number of aliphatic hydroxyl groups is 1. The first-order valence-corrected chi connectivity index (χ1v) is 5.00. The zero-order valence-electron chi connectivity index (χ0n) is 7.50. The van der Waals surface area contributed by atoms with Crippen LogP contribution in [0.15, 0.2) is 17.0 Å². The molecule has 1 nitrogen and oxygen atoms in total. The molecule has 0 unspecified atom stereocenters. The van der Waals surface area contributed by atoms with Crippen molar-refractivity contribution in [2.45, 2.75) is 20.3 Å². The lowest BCUT2D eigenvalue weighted by Crippen LogP contribution is -1.87. The van der Waals surface area contributed by atoms with Crippen molar-refractivity contribution in [1.82, 2.24) is 0 Å². The van der Waals surface area contributed by atoms with Crippen molar-refractivity contribution < 1.29 is 5.11 Å². The molecule has 0 fully saturated rings. The second-order valence-corrected chi connectivity index (χ2v) is 3.87. The zero-order chi connectivity index (χ0) is 8.97. The van der Waals surface area contributed by atoms with Crippen LogP contribution in [0.3, 0.4) is 0 Å². The molecule has 1 rings (SSSR count). The molecule has 0 aliphatic rings. The molecule has 0 spiro atoms. The molecule has 1 aromatic heterocycles. The standard InChI is InChI=1S/C10H14OS/c1-3-9(7-11)6-10-4-5-12-8(10)2/h4-6,11H,3,7H2,1-2H3/b9-6-. The fourth-order valence-electron chi connectivity index (χ4n) is 1.02. The van der Waals surface area contributed by atoms with Gasteiger partial charge in [-0.2, -0.15) is 0 Å². The Hall–Kier alpha value is -0.600. The number of aryl methyl sites for hydroxylation is 1. The SMILES string of the molecule is CC/C(=C/c1ccsc1C)CO. The van der Waals surface area contributed by atoms with E-state index in [2.05, 4.69) is 31.4 Å². The van der Waals surface area contributed by atoms with Crippen LogP contribution in [0.2, 0.25) is 0 Å². The molecule has 0 saturated heterocycles. The van der Waals surface area contributed by atoms with E-state index < -0.39 is 0 Å². The second kappa shape index (κ2) is 4.43. The van der Waals surface area contributed by atoms with Gasteiger partial charge in [-0.15, -0.1) is 11.3 Å². The normalized spacial score (nSPS) is 12.1. The number of thiophene rings is 1. The van der Waals surface area contributed by atoms with Crippen LogP contribution in [0.4, 0.5) is 0 Å². The number of rotatable bonds is 3. The van der Waals surface area contributed by atoms with Crippen LogP contribution in [0.25, 0.3) is 6.08 Å². The minimum absolute atomic E-state index is 0.172. The molecule has 1 heterocycles. The minimum atomic E-state index is 0.172. The van der Waals surface area contributed by atoms with Crippen LogP contribution in [-0.4, -0.2) is 11.7 Å². The highest BCUT2D eigenvalue weighted by molar-refractivity contribution is 7.10. The van der Waals surface area contributed by atoms with Gasteiger partial charge >= 0.3 is 0 Å². The Balaban J connectivity index is 2.85. The van der Waals surface area contributed by atoms with Crippen molar-refractivity contribution in [3.05, 3.63) is 27.5 Å². The van der Waals surface area contributed by atoms with Crippen molar-refractivity contribution in [2.75, 3.05) is 6.61 Å². The molecule has 0 aliphatic heterocycles. The summed E-state index contributed by atoms with van der Waals surface area (Å²) in [4.78, 5) is 1.31. The minimum Gasteiger partial charge on any atom is -0.392 e. The van der Waals surface area contributed by atoms with Gasteiger partial charge in [0, 0.05) is 4.88 Å². The molecule has 66 valence electrons. The first-order chi connectivity index (χ1) is 5.77. The summed E-state index contributed by atoms with van der Waals surface area (Å²) in [7, 11) is 0. The molecule has 0 aromatic carbocycles. The highest BCUT2D eigenvalue weighted by Gasteiger charge is 1.97. The van der Waals surface area contributed by atoms with Gasteiger partial charge in [-0.25, -0.2) is 0 Å². The Kier molecular flexibility index (Phi) is 3.50. The van der Waals surface area contributed by atoms with Crippen LogP contribution in [-0.2, 0) is 0 Å². The van der Waals surface area contributed by atoms with Crippen LogP contribution >= 0.6 is 11.3 Å². The molecule has 2 heteroatoms. The van der Waals surface area contributed by atoms with E-state index in [-0.39, 0.29) is 6.61 Å². The summed E-state index contributed by atoms with van der Waals surface area (Å²) in [6.45, 7) is 4.33. The monoisotopic (exact) mass is 182 g/mol. The third kappa shape index (κ3) is 2.19. The summed E-state index contributed by atoms with van der Waals surface area (Å²) in [5.74, 6) is 0. The summed E-state index contributed by atoms with van der Waals surface area (Å²) >= 11 is 1.74. The summed E-state index contributed by atoms with van der Waals surface area (Å²) in [6.07, 6.45) is 3.00. The second-order valence-electron chi connectivity index (χ2n) is 2.75. The molecule has 12 heavy (non-hydrogen) atoms. The lowest BCUT2D eigenvalue weighted by molar-refractivity contribution is 0.329. The maximum atomic E-state index is 8.95. The molecule has 1 aromatic rings. The average molecular weight is 182 g/mol. The Labute approximate surface area is 77.4 Å². The largest absolute Gasteiger partial charge is 0.392 e. The molecular formula is C10H14OS. The summed E-state index contributed by atoms with van der Waals surface area (Å²) in [5.41, 5.74) is 2.34. The van der Waals surface area contributed by atoms with Crippen molar-refractivity contribution in [3.8, 4) is 0 Å². The van der Waals surface area contributed by atoms with Gasteiger partial charge in [0.2, 0.25) is 0 Å². The van der Waals surface area contributed by atoms with Gasteiger partial charge in [-0.1, -0.05) is 13.0 Å². The van der Waals surface area contributed by atoms with Gasteiger partial charge in [0.05, 0.1) is 6.61 Å². The predicted octanol–water partition coefficient (Wildman–Crippen LogP) is 2.84.